The standard InChI is InChI=1S/C12H26N2/c1-4-7-11(5-2)12-10-13-8-9-14(12)6-3/h11-13H,4-10H2,1-3H3. The van der Waals surface area contributed by atoms with Gasteiger partial charge in [0.05, 0.1) is 0 Å². The molecule has 84 valence electrons. The van der Waals surface area contributed by atoms with Crippen LogP contribution in [0.1, 0.15) is 40.0 Å². The van der Waals surface area contributed by atoms with Crippen LogP contribution in [-0.2, 0) is 0 Å². The minimum Gasteiger partial charge on any atom is -0.314 e. The first-order chi connectivity index (χ1) is 6.83. The minimum absolute atomic E-state index is 0.790. The third kappa shape index (κ3) is 2.96. The number of nitrogens with zero attached hydrogens (tertiary/aromatic N) is 1. The van der Waals surface area contributed by atoms with E-state index in [1.165, 1.54) is 45.4 Å². The molecule has 1 saturated heterocycles. The molecule has 0 spiro atoms. The van der Waals surface area contributed by atoms with Gasteiger partial charge in [-0.3, -0.25) is 4.90 Å². The molecule has 1 aliphatic rings. The molecule has 1 fully saturated rings. The average molecular weight is 198 g/mol. The normalized spacial score (nSPS) is 26.4. The molecule has 0 amide bonds. The summed E-state index contributed by atoms with van der Waals surface area (Å²) in [5.74, 6) is 0.896. The van der Waals surface area contributed by atoms with E-state index in [-0.39, 0.29) is 0 Å². The van der Waals surface area contributed by atoms with Gasteiger partial charge >= 0.3 is 0 Å². The highest BCUT2D eigenvalue weighted by atomic mass is 15.2. The fourth-order valence-corrected chi connectivity index (χ4v) is 2.66. The third-order valence-corrected chi connectivity index (χ3v) is 3.53. The van der Waals surface area contributed by atoms with Crippen LogP contribution in [-0.4, -0.2) is 37.1 Å². The van der Waals surface area contributed by atoms with Gasteiger partial charge in [0.25, 0.3) is 0 Å². The number of hydrogen-bond acceptors (Lipinski definition) is 2. The van der Waals surface area contributed by atoms with E-state index in [1.807, 2.05) is 0 Å². The highest BCUT2D eigenvalue weighted by Gasteiger charge is 2.26. The van der Waals surface area contributed by atoms with Crippen molar-refractivity contribution < 1.29 is 0 Å². The molecule has 0 radical (unpaired) electrons. The fourth-order valence-electron chi connectivity index (χ4n) is 2.66. The molecule has 1 N–H and O–H groups in total. The van der Waals surface area contributed by atoms with Gasteiger partial charge in [-0.1, -0.05) is 33.6 Å². The molecule has 1 aliphatic heterocycles. The van der Waals surface area contributed by atoms with Crippen molar-refractivity contribution in [3.63, 3.8) is 0 Å². The lowest BCUT2D eigenvalue weighted by molar-refractivity contribution is 0.111. The SMILES string of the molecule is CCCC(CC)C1CNCCN1CC. The summed E-state index contributed by atoms with van der Waals surface area (Å²) in [5, 5.41) is 3.53. The van der Waals surface area contributed by atoms with Crippen LogP contribution in [0.3, 0.4) is 0 Å². The van der Waals surface area contributed by atoms with E-state index in [2.05, 4.69) is 31.0 Å². The van der Waals surface area contributed by atoms with Crippen LogP contribution < -0.4 is 5.32 Å². The molecule has 0 aliphatic carbocycles. The number of hydrogen-bond donors (Lipinski definition) is 1. The van der Waals surface area contributed by atoms with Crippen molar-refractivity contribution >= 4 is 0 Å². The Hall–Kier alpha value is -0.0800. The molecule has 2 atom stereocenters. The Labute approximate surface area is 89.1 Å². The Bertz CT molecular complexity index is 147. The van der Waals surface area contributed by atoms with Gasteiger partial charge in [-0.25, -0.2) is 0 Å². The molecule has 2 heteroatoms. The molecule has 0 bridgehead atoms. The highest BCUT2D eigenvalue weighted by Crippen LogP contribution is 2.21. The molecule has 0 aromatic carbocycles. The predicted molar refractivity (Wildman–Crippen MR) is 62.6 cm³/mol. The maximum atomic E-state index is 3.53. The van der Waals surface area contributed by atoms with Gasteiger partial charge in [0.1, 0.15) is 0 Å². The van der Waals surface area contributed by atoms with Gasteiger partial charge in [-0.15, -0.1) is 0 Å². The van der Waals surface area contributed by atoms with Gasteiger partial charge in [-0.2, -0.15) is 0 Å². The zero-order valence-corrected chi connectivity index (χ0v) is 10.1. The Balaban J connectivity index is 2.51. The van der Waals surface area contributed by atoms with E-state index in [0.29, 0.717) is 0 Å². The van der Waals surface area contributed by atoms with Crippen molar-refractivity contribution in [2.45, 2.75) is 46.1 Å². The maximum absolute atomic E-state index is 3.53. The topological polar surface area (TPSA) is 15.3 Å². The van der Waals surface area contributed by atoms with Crippen molar-refractivity contribution in [1.82, 2.24) is 10.2 Å². The van der Waals surface area contributed by atoms with Crippen LogP contribution in [0, 0.1) is 5.92 Å². The summed E-state index contributed by atoms with van der Waals surface area (Å²) >= 11 is 0. The van der Waals surface area contributed by atoms with Crippen molar-refractivity contribution in [2.75, 3.05) is 26.2 Å². The fraction of sp³-hybridized carbons (Fsp3) is 1.00. The second-order valence-electron chi connectivity index (χ2n) is 4.36. The number of nitrogens with one attached hydrogen (secondary N) is 1. The van der Waals surface area contributed by atoms with Gasteiger partial charge in [0.15, 0.2) is 0 Å². The molecule has 1 rings (SSSR count). The summed E-state index contributed by atoms with van der Waals surface area (Å²) in [4.78, 5) is 2.65. The van der Waals surface area contributed by atoms with Gasteiger partial charge in [0.2, 0.25) is 0 Å². The molecule has 14 heavy (non-hydrogen) atoms. The second-order valence-corrected chi connectivity index (χ2v) is 4.36. The number of rotatable bonds is 5. The Morgan fingerprint density at radius 1 is 1.36 bits per heavy atom. The van der Waals surface area contributed by atoms with E-state index in [4.69, 9.17) is 0 Å². The Morgan fingerprint density at radius 3 is 2.71 bits per heavy atom. The smallest absolute Gasteiger partial charge is 0.0249 e. The Morgan fingerprint density at radius 2 is 2.14 bits per heavy atom. The van der Waals surface area contributed by atoms with Crippen LogP contribution in [0.5, 0.6) is 0 Å². The van der Waals surface area contributed by atoms with Crippen molar-refractivity contribution in [1.29, 1.82) is 0 Å². The van der Waals surface area contributed by atoms with Gasteiger partial charge in [-0.05, 0) is 18.9 Å². The van der Waals surface area contributed by atoms with Gasteiger partial charge in [0, 0.05) is 25.7 Å². The van der Waals surface area contributed by atoms with E-state index in [0.717, 1.165) is 12.0 Å². The molecular formula is C12H26N2. The molecule has 2 unspecified atom stereocenters. The largest absolute Gasteiger partial charge is 0.314 e. The first kappa shape index (κ1) is 12.0. The van der Waals surface area contributed by atoms with E-state index in [9.17, 15) is 0 Å². The predicted octanol–water partition coefficient (Wildman–Crippen LogP) is 2.11. The van der Waals surface area contributed by atoms with Crippen molar-refractivity contribution in [2.24, 2.45) is 5.92 Å². The molecule has 0 aromatic heterocycles. The summed E-state index contributed by atoms with van der Waals surface area (Å²) in [6.07, 6.45) is 4.04. The summed E-state index contributed by atoms with van der Waals surface area (Å²) in [5.41, 5.74) is 0. The summed E-state index contributed by atoms with van der Waals surface area (Å²) in [6, 6.07) is 0.790. The average Bonchev–Trinajstić information content (AvgIpc) is 2.26. The molecule has 0 aromatic rings. The molecule has 1 heterocycles. The van der Waals surface area contributed by atoms with E-state index in [1.54, 1.807) is 0 Å². The monoisotopic (exact) mass is 198 g/mol. The summed E-state index contributed by atoms with van der Waals surface area (Å²) in [7, 11) is 0. The zero-order valence-electron chi connectivity index (χ0n) is 10.1. The number of piperazine rings is 1. The van der Waals surface area contributed by atoms with Crippen LogP contribution in [0.4, 0.5) is 0 Å². The van der Waals surface area contributed by atoms with Crippen molar-refractivity contribution in [3.05, 3.63) is 0 Å². The first-order valence-corrected chi connectivity index (χ1v) is 6.28. The highest BCUT2D eigenvalue weighted by molar-refractivity contribution is 4.84. The first-order valence-electron chi connectivity index (χ1n) is 6.28. The van der Waals surface area contributed by atoms with Crippen LogP contribution >= 0.6 is 0 Å². The van der Waals surface area contributed by atoms with Crippen LogP contribution in [0.15, 0.2) is 0 Å². The van der Waals surface area contributed by atoms with Crippen LogP contribution in [0.25, 0.3) is 0 Å². The molecular weight excluding hydrogens is 172 g/mol. The third-order valence-electron chi connectivity index (χ3n) is 3.53. The van der Waals surface area contributed by atoms with E-state index >= 15 is 0 Å². The quantitative estimate of drug-likeness (QED) is 0.728. The molecule has 0 saturated carbocycles. The lowest BCUT2D eigenvalue weighted by atomic mass is 9.90. The molecule has 2 nitrogen and oxygen atoms in total. The zero-order chi connectivity index (χ0) is 10.4. The minimum atomic E-state index is 0.790. The maximum Gasteiger partial charge on any atom is 0.0249 e. The van der Waals surface area contributed by atoms with Gasteiger partial charge < -0.3 is 5.32 Å². The summed E-state index contributed by atoms with van der Waals surface area (Å²) in [6.45, 7) is 11.8. The van der Waals surface area contributed by atoms with E-state index < -0.39 is 0 Å². The summed E-state index contributed by atoms with van der Waals surface area (Å²) < 4.78 is 0. The lowest BCUT2D eigenvalue weighted by Crippen LogP contribution is -2.54. The van der Waals surface area contributed by atoms with Crippen LogP contribution in [0.2, 0.25) is 0 Å². The second kappa shape index (κ2) is 6.41. The Kier molecular flexibility index (Phi) is 5.49. The van der Waals surface area contributed by atoms with Crippen molar-refractivity contribution in [3.8, 4) is 0 Å². The lowest BCUT2D eigenvalue weighted by Gasteiger charge is -2.40. The number of likely N-dealkylation sites (N-methyl/N-ethyl adjacent to an activating group) is 1.